The number of hydrogen-bond acceptors (Lipinski definition) is 5. The Morgan fingerprint density at radius 1 is 0.971 bits per heavy atom. The number of carbonyl (C=O) groups is 1. The van der Waals surface area contributed by atoms with Crippen LogP contribution in [0, 0.1) is 0 Å². The van der Waals surface area contributed by atoms with Crippen molar-refractivity contribution < 1.29 is 9.32 Å². The van der Waals surface area contributed by atoms with E-state index in [2.05, 4.69) is 25.8 Å². The lowest BCUT2D eigenvalue weighted by Crippen LogP contribution is -2.32. The number of hydrogen-bond donors (Lipinski definition) is 2. The molecule has 0 aliphatic rings. The SMILES string of the molecule is O=C(NC(Cn1ncc2ccccc21)c1ccccc1)c1cc(-c2ccc3[nH]ncc3c2)on1. The van der Waals surface area contributed by atoms with Gasteiger partial charge in [0, 0.05) is 22.4 Å². The van der Waals surface area contributed by atoms with Crippen LogP contribution in [-0.4, -0.2) is 31.0 Å². The van der Waals surface area contributed by atoms with Crippen LogP contribution in [0.5, 0.6) is 0 Å². The summed E-state index contributed by atoms with van der Waals surface area (Å²) in [6.45, 7) is 0.477. The van der Waals surface area contributed by atoms with E-state index in [9.17, 15) is 4.79 Å². The zero-order valence-electron chi connectivity index (χ0n) is 18.1. The van der Waals surface area contributed by atoms with Gasteiger partial charge in [-0.1, -0.05) is 53.7 Å². The summed E-state index contributed by atoms with van der Waals surface area (Å²) in [7, 11) is 0. The topological polar surface area (TPSA) is 102 Å². The Hall–Kier alpha value is -4.72. The van der Waals surface area contributed by atoms with Crippen molar-refractivity contribution in [2.75, 3.05) is 0 Å². The van der Waals surface area contributed by atoms with Gasteiger partial charge in [0.2, 0.25) is 0 Å². The van der Waals surface area contributed by atoms with Gasteiger partial charge in [0.05, 0.1) is 36.0 Å². The summed E-state index contributed by atoms with van der Waals surface area (Å²) in [5, 5.41) is 20.6. The van der Waals surface area contributed by atoms with Crippen LogP contribution < -0.4 is 5.32 Å². The number of benzene rings is 3. The molecule has 6 aromatic rings. The number of nitrogens with zero attached hydrogens (tertiary/aromatic N) is 4. The molecule has 6 rings (SSSR count). The third kappa shape index (κ3) is 3.71. The highest BCUT2D eigenvalue weighted by Gasteiger charge is 2.21. The molecular formula is C26H20N6O2. The first-order valence-corrected chi connectivity index (χ1v) is 10.9. The predicted molar refractivity (Wildman–Crippen MR) is 128 cm³/mol. The van der Waals surface area contributed by atoms with Crippen molar-refractivity contribution in [2.24, 2.45) is 0 Å². The van der Waals surface area contributed by atoms with Gasteiger partial charge in [-0.25, -0.2) is 0 Å². The molecule has 34 heavy (non-hydrogen) atoms. The van der Waals surface area contributed by atoms with E-state index in [-0.39, 0.29) is 17.6 Å². The largest absolute Gasteiger partial charge is 0.355 e. The van der Waals surface area contributed by atoms with E-state index in [4.69, 9.17) is 4.52 Å². The zero-order valence-corrected chi connectivity index (χ0v) is 18.1. The Morgan fingerprint density at radius 3 is 2.74 bits per heavy atom. The smallest absolute Gasteiger partial charge is 0.274 e. The molecule has 0 saturated heterocycles. The van der Waals surface area contributed by atoms with Crippen LogP contribution in [0.3, 0.4) is 0 Å². The highest BCUT2D eigenvalue weighted by atomic mass is 16.5. The molecule has 166 valence electrons. The van der Waals surface area contributed by atoms with Crippen molar-refractivity contribution in [3.8, 4) is 11.3 Å². The summed E-state index contributed by atoms with van der Waals surface area (Å²) in [4.78, 5) is 13.2. The van der Waals surface area contributed by atoms with Crippen LogP contribution in [0.2, 0.25) is 0 Å². The first kappa shape index (κ1) is 19.9. The van der Waals surface area contributed by atoms with Crippen LogP contribution in [0.15, 0.2) is 95.8 Å². The fourth-order valence-corrected chi connectivity index (χ4v) is 4.11. The molecule has 1 amide bonds. The predicted octanol–water partition coefficient (Wildman–Crippen LogP) is 4.74. The molecule has 0 bridgehead atoms. The molecule has 0 fully saturated rings. The lowest BCUT2D eigenvalue weighted by atomic mass is 10.1. The third-order valence-electron chi connectivity index (χ3n) is 5.88. The van der Waals surface area contributed by atoms with E-state index in [0.29, 0.717) is 12.3 Å². The highest BCUT2D eigenvalue weighted by molar-refractivity contribution is 5.93. The molecule has 0 aliphatic carbocycles. The Labute approximate surface area is 194 Å². The second-order valence-electron chi connectivity index (χ2n) is 8.07. The van der Waals surface area contributed by atoms with E-state index in [1.807, 2.05) is 83.7 Å². The van der Waals surface area contributed by atoms with Crippen molar-refractivity contribution in [2.45, 2.75) is 12.6 Å². The summed E-state index contributed by atoms with van der Waals surface area (Å²) < 4.78 is 7.39. The normalized spacial score (nSPS) is 12.2. The minimum Gasteiger partial charge on any atom is -0.355 e. The third-order valence-corrected chi connectivity index (χ3v) is 5.88. The van der Waals surface area contributed by atoms with Gasteiger partial charge in [0.15, 0.2) is 11.5 Å². The minimum absolute atomic E-state index is 0.216. The van der Waals surface area contributed by atoms with Crippen molar-refractivity contribution in [1.82, 2.24) is 30.5 Å². The maximum atomic E-state index is 13.2. The number of H-pyrrole nitrogens is 1. The monoisotopic (exact) mass is 448 g/mol. The Kier molecular flexibility index (Phi) is 4.88. The number of fused-ring (bicyclic) bond motifs is 2. The maximum absolute atomic E-state index is 13.2. The van der Waals surface area contributed by atoms with E-state index in [0.717, 1.165) is 32.9 Å². The second-order valence-corrected chi connectivity index (χ2v) is 8.07. The minimum atomic E-state index is -0.315. The van der Waals surface area contributed by atoms with Gasteiger partial charge in [0.1, 0.15) is 0 Å². The average molecular weight is 448 g/mol. The van der Waals surface area contributed by atoms with Crippen LogP contribution in [0.25, 0.3) is 33.1 Å². The van der Waals surface area contributed by atoms with Crippen molar-refractivity contribution in [1.29, 1.82) is 0 Å². The number of para-hydroxylation sites is 1. The average Bonchev–Trinajstić information content (AvgIpc) is 3.63. The summed E-state index contributed by atoms with van der Waals surface area (Å²) in [5.74, 6) is 0.201. The molecule has 8 heteroatoms. The Morgan fingerprint density at radius 2 is 1.82 bits per heavy atom. The quantitative estimate of drug-likeness (QED) is 0.383. The molecule has 8 nitrogen and oxygen atoms in total. The first-order chi connectivity index (χ1) is 16.7. The number of aromatic nitrogens is 5. The van der Waals surface area contributed by atoms with Crippen molar-refractivity contribution >= 4 is 27.7 Å². The Bertz CT molecular complexity index is 1600. The molecule has 1 atom stereocenters. The zero-order chi connectivity index (χ0) is 22.9. The fourth-order valence-electron chi connectivity index (χ4n) is 4.11. The van der Waals surface area contributed by atoms with Crippen LogP contribution >= 0.6 is 0 Å². The van der Waals surface area contributed by atoms with Crippen LogP contribution in [0.4, 0.5) is 0 Å². The van der Waals surface area contributed by atoms with Crippen molar-refractivity contribution in [3.05, 3.63) is 103 Å². The summed E-state index contributed by atoms with van der Waals surface area (Å²) >= 11 is 0. The van der Waals surface area contributed by atoms with Gasteiger partial charge in [-0.15, -0.1) is 0 Å². The number of amides is 1. The van der Waals surface area contributed by atoms with Gasteiger partial charge in [-0.05, 0) is 29.8 Å². The maximum Gasteiger partial charge on any atom is 0.274 e. The molecule has 0 spiro atoms. The van der Waals surface area contributed by atoms with Gasteiger partial charge >= 0.3 is 0 Å². The lowest BCUT2D eigenvalue weighted by Gasteiger charge is -2.19. The molecule has 0 saturated carbocycles. The van der Waals surface area contributed by atoms with E-state index in [1.165, 1.54) is 0 Å². The second kappa shape index (κ2) is 8.32. The summed E-state index contributed by atoms with van der Waals surface area (Å²) in [6.07, 6.45) is 3.58. The van der Waals surface area contributed by atoms with Crippen LogP contribution in [-0.2, 0) is 6.54 Å². The van der Waals surface area contributed by atoms with Gasteiger partial charge in [-0.2, -0.15) is 10.2 Å². The molecule has 3 aromatic heterocycles. The highest BCUT2D eigenvalue weighted by Crippen LogP contribution is 2.25. The first-order valence-electron chi connectivity index (χ1n) is 10.9. The van der Waals surface area contributed by atoms with Gasteiger partial charge < -0.3 is 9.84 Å². The standard InChI is InChI=1S/C26H20N6O2/c33-26(22-13-25(34-31-22)18-10-11-21-20(12-18)14-27-30-21)29-23(17-6-2-1-3-7-17)16-32-24-9-5-4-8-19(24)15-28-32/h1-15,23H,16H2,(H,27,30)(H,29,33). The fraction of sp³-hybridized carbons (Fsp3) is 0.0769. The molecule has 0 radical (unpaired) electrons. The van der Waals surface area contributed by atoms with Crippen molar-refractivity contribution in [3.63, 3.8) is 0 Å². The summed E-state index contributed by atoms with van der Waals surface area (Å²) in [5.41, 5.74) is 3.95. The number of nitrogens with one attached hydrogen (secondary N) is 2. The Balaban J connectivity index is 1.27. The van der Waals surface area contributed by atoms with Crippen LogP contribution in [0.1, 0.15) is 22.1 Å². The molecule has 3 aromatic carbocycles. The van der Waals surface area contributed by atoms with E-state index in [1.54, 1.807) is 12.3 Å². The number of carbonyl (C=O) groups excluding carboxylic acids is 1. The lowest BCUT2D eigenvalue weighted by molar-refractivity contribution is 0.0923. The molecule has 2 N–H and O–H groups in total. The van der Waals surface area contributed by atoms with Gasteiger partial charge in [-0.3, -0.25) is 14.6 Å². The molecule has 3 heterocycles. The van der Waals surface area contributed by atoms with Gasteiger partial charge in [0.25, 0.3) is 5.91 Å². The van der Waals surface area contributed by atoms with E-state index >= 15 is 0 Å². The summed E-state index contributed by atoms with van der Waals surface area (Å²) in [6, 6.07) is 25.0. The number of aromatic amines is 1. The number of rotatable bonds is 6. The molecule has 0 aliphatic heterocycles. The molecular weight excluding hydrogens is 428 g/mol. The van der Waals surface area contributed by atoms with E-state index < -0.39 is 0 Å². The molecule has 1 unspecified atom stereocenters.